The Labute approximate surface area is 59.5 Å². The van der Waals surface area contributed by atoms with E-state index in [1.165, 1.54) is 5.56 Å². The Kier molecular flexibility index (Phi) is 1.36. The van der Waals surface area contributed by atoms with Crippen molar-refractivity contribution >= 4 is 0 Å². The summed E-state index contributed by atoms with van der Waals surface area (Å²) in [6.07, 6.45) is 5.49. The van der Waals surface area contributed by atoms with Gasteiger partial charge >= 0.3 is 0 Å². The van der Waals surface area contributed by atoms with Crippen molar-refractivity contribution in [3.05, 3.63) is 23.8 Å². The summed E-state index contributed by atoms with van der Waals surface area (Å²) in [6.45, 7) is 1.89. The number of nitrogens with zero attached hydrogens (tertiary/aromatic N) is 2. The highest BCUT2D eigenvalue weighted by atomic mass is 14.9. The molecule has 0 atom stereocenters. The molecular formula is C7H8N3. The van der Waals surface area contributed by atoms with Crippen molar-refractivity contribution in [1.29, 1.82) is 0 Å². The van der Waals surface area contributed by atoms with E-state index in [0.717, 1.165) is 25.2 Å². The molecule has 2 heterocycles. The third kappa shape index (κ3) is 0.885. The smallest absolute Gasteiger partial charge is 0.116 e. The molecule has 1 radical (unpaired) electrons. The van der Waals surface area contributed by atoms with Gasteiger partial charge in [0.25, 0.3) is 0 Å². The second-order valence-corrected chi connectivity index (χ2v) is 2.34. The van der Waals surface area contributed by atoms with Crippen molar-refractivity contribution < 1.29 is 0 Å². The van der Waals surface area contributed by atoms with Gasteiger partial charge in [0.1, 0.15) is 6.33 Å². The van der Waals surface area contributed by atoms with Crippen molar-refractivity contribution in [1.82, 2.24) is 15.3 Å². The van der Waals surface area contributed by atoms with Crippen molar-refractivity contribution in [3.8, 4) is 0 Å². The fraction of sp³-hybridized carbons (Fsp3) is 0.429. The molecule has 1 aromatic heterocycles. The highest BCUT2D eigenvalue weighted by Crippen LogP contribution is 2.06. The molecule has 3 nitrogen and oxygen atoms in total. The average Bonchev–Trinajstić information content (AvgIpc) is 2.05. The van der Waals surface area contributed by atoms with Gasteiger partial charge in [0.15, 0.2) is 0 Å². The lowest BCUT2D eigenvalue weighted by molar-refractivity contribution is 0.622. The Morgan fingerprint density at radius 3 is 3.50 bits per heavy atom. The summed E-state index contributed by atoms with van der Waals surface area (Å²) < 4.78 is 0. The van der Waals surface area contributed by atoms with Crippen LogP contribution in [0.15, 0.2) is 6.33 Å². The van der Waals surface area contributed by atoms with E-state index in [2.05, 4.69) is 21.5 Å². The normalized spacial score (nSPS) is 16.4. The lowest BCUT2D eigenvalue weighted by Gasteiger charge is -2.13. The van der Waals surface area contributed by atoms with Crippen LogP contribution in [0.3, 0.4) is 0 Å². The molecule has 1 aliphatic rings. The maximum absolute atomic E-state index is 4.11. The van der Waals surface area contributed by atoms with Crippen LogP contribution < -0.4 is 5.32 Å². The molecule has 0 aromatic carbocycles. The number of hydrogen-bond acceptors (Lipinski definition) is 3. The summed E-state index contributed by atoms with van der Waals surface area (Å²) in [7, 11) is 0. The van der Waals surface area contributed by atoms with E-state index < -0.39 is 0 Å². The van der Waals surface area contributed by atoms with E-state index in [0.29, 0.717) is 0 Å². The van der Waals surface area contributed by atoms with Crippen molar-refractivity contribution in [2.45, 2.75) is 13.0 Å². The zero-order valence-electron chi connectivity index (χ0n) is 5.59. The molecule has 0 saturated carbocycles. The molecule has 1 aromatic rings. The number of aromatic nitrogens is 2. The molecule has 0 bridgehead atoms. The molecule has 0 aliphatic carbocycles. The summed E-state index contributed by atoms with van der Waals surface area (Å²) >= 11 is 0. The zero-order chi connectivity index (χ0) is 6.81. The third-order valence-corrected chi connectivity index (χ3v) is 1.66. The van der Waals surface area contributed by atoms with Crippen LogP contribution in [-0.2, 0) is 13.0 Å². The molecule has 0 amide bonds. The predicted octanol–water partition coefficient (Wildman–Crippen LogP) is -0.0775. The number of hydrogen-bond donors (Lipinski definition) is 1. The SMILES string of the molecule is [c]1ncnc2c1CCNC2. The van der Waals surface area contributed by atoms with Crippen LogP contribution in [0.25, 0.3) is 0 Å². The minimum absolute atomic E-state index is 0.869. The fourth-order valence-electron chi connectivity index (χ4n) is 1.12. The van der Waals surface area contributed by atoms with Crippen LogP contribution >= 0.6 is 0 Å². The summed E-state index contributed by atoms with van der Waals surface area (Å²) in [5.41, 5.74) is 2.27. The Bertz CT molecular complexity index is 209. The minimum Gasteiger partial charge on any atom is -0.311 e. The van der Waals surface area contributed by atoms with E-state index in [1.807, 2.05) is 0 Å². The Balaban J connectivity index is 2.41. The summed E-state index contributed by atoms with van der Waals surface area (Å²) in [5, 5.41) is 3.23. The maximum atomic E-state index is 4.11. The first-order valence-electron chi connectivity index (χ1n) is 3.38. The minimum atomic E-state index is 0.869. The van der Waals surface area contributed by atoms with E-state index in [9.17, 15) is 0 Å². The zero-order valence-corrected chi connectivity index (χ0v) is 5.59. The van der Waals surface area contributed by atoms with Gasteiger partial charge in [-0.3, -0.25) is 0 Å². The largest absolute Gasteiger partial charge is 0.311 e. The molecule has 1 aliphatic heterocycles. The molecular weight excluding hydrogens is 126 g/mol. The highest BCUT2D eigenvalue weighted by molar-refractivity contribution is 5.17. The van der Waals surface area contributed by atoms with Gasteiger partial charge in [-0.1, -0.05) is 0 Å². The van der Waals surface area contributed by atoms with Gasteiger partial charge in [0.05, 0.1) is 11.9 Å². The van der Waals surface area contributed by atoms with Gasteiger partial charge in [-0.25, -0.2) is 9.97 Å². The monoisotopic (exact) mass is 134 g/mol. The number of nitrogens with one attached hydrogen (secondary N) is 1. The Morgan fingerprint density at radius 2 is 2.60 bits per heavy atom. The molecule has 0 unspecified atom stereocenters. The molecule has 10 heavy (non-hydrogen) atoms. The van der Waals surface area contributed by atoms with Gasteiger partial charge in [-0.2, -0.15) is 0 Å². The third-order valence-electron chi connectivity index (χ3n) is 1.66. The average molecular weight is 134 g/mol. The van der Waals surface area contributed by atoms with Gasteiger partial charge in [0.2, 0.25) is 0 Å². The van der Waals surface area contributed by atoms with E-state index in [1.54, 1.807) is 6.33 Å². The summed E-state index contributed by atoms with van der Waals surface area (Å²) in [6, 6.07) is 0. The van der Waals surface area contributed by atoms with Crippen LogP contribution in [0.4, 0.5) is 0 Å². The lowest BCUT2D eigenvalue weighted by Crippen LogP contribution is -2.24. The lowest BCUT2D eigenvalue weighted by atomic mass is 10.1. The first-order valence-corrected chi connectivity index (χ1v) is 3.38. The first kappa shape index (κ1) is 5.80. The summed E-state index contributed by atoms with van der Waals surface area (Å²) in [5.74, 6) is 0. The van der Waals surface area contributed by atoms with Crippen LogP contribution in [0.5, 0.6) is 0 Å². The van der Waals surface area contributed by atoms with E-state index in [-0.39, 0.29) is 0 Å². The maximum Gasteiger partial charge on any atom is 0.116 e. The second kappa shape index (κ2) is 2.34. The van der Waals surface area contributed by atoms with Gasteiger partial charge in [-0.05, 0) is 13.0 Å². The van der Waals surface area contributed by atoms with Crippen LogP contribution in [0.1, 0.15) is 11.3 Å². The Hall–Kier alpha value is -0.960. The number of fused-ring (bicyclic) bond motifs is 1. The second-order valence-electron chi connectivity index (χ2n) is 2.34. The Morgan fingerprint density at radius 1 is 1.60 bits per heavy atom. The molecule has 1 N–H and O–H groups in total. The topological polar surface area (TPSA) is 37.8 Å². The molecule has 51 valence electrons. The predicted molar refractivity (Wildman–Crippen MR) is 36.3 cm³/mol. The number of rotatable bonds is 0. The van der Waals surface area contributed by atoms with E-state index >= 15 is 0 Å². The van der Waals surface area contributed by atoms with Crippen LogP contribution in [-0.4, -0.2) is 16.5 Å². The highest BCUT2D eigenvalue weighted by Gasteiger charge is 2.08. The van der Waals surface area contributed by atoms with Crippen molar-refractivity contribution in [3.63, 3.8) is 0 Å². The summed E-state index contributed by atoms with van der Waals surface area (Å²) in [4.78, 5) is 7.95. The molecule has 0 fully saturated rings. The van der Waals surface area contributed by atoms with Gasteiger partial charge in [-0.15, -0.1) is 0 Å². The molecule has 0 saturated heterocycles. The quantitative estimate of drug-likeness (QED) is 0.539. The van der Waals surface area contributed by atoms with Crippen LogP contribution in [0.2, 0.25) is 0 Å². The van der Waals surface area contributed by atoms with Crippen molar-refractivity contribution in [2.75, 3.05) is 6.54 Å². The first-order chi connectivity index (χ1) is 4.97. The fourth-order valence-corrected chi connectivity index (χ4v) is 1.12. The standard InChI is InChI=1S/C7H8N3/c1-2-8-4-7-6(1)3-9-5-10-7/h5,8H,1-2,4H2. The molecule has 0 spiro atoms. The van der Waals surface area contributed by atoms with Crippen molar-refractivity contribution in [2.24, 2.45) is 0 Å². The van der Waals surface area contributed by atoms with E-state index in [4.69, 9.17) is 0 Å². The molecule has 3 heteroatoms. The van der Waals surface area contributed by atoms with Gasteiger partial charge in [0, 0.05) is 12.1 Å². The van der Waals surface area contributed by atoms with Gasteiger partial charge < -0.3 is 5.32 Å². The molecule has 2 rings (SSSR count). The van der Waals surface area contributed by atoms with Crippen LogP contribution in [0, 0.1) is 6.20 Å².